The van der Waals surface area contributed by atoms with Crippen molar-refractivity contribution in [1.82, 2.24) is 0 Å². The van der Waals surface area contributed by atoms with E-state index >= 15 is 0 Å². The van der Waals surface area contributed by atoms with Crippen LogP contribution in [-0.2, 0) is 0 Å². The summed E-state index contributed by atoms with van der Waals surface area (Å²) in [5.41, 5.74) is 0. The minimum Gasteiger partial charge on any atom is -0.0627 e. The molecule has 0 saturated heterocycles. The molecule has 26 heavy (non-hydrogen) atoms. The first kappa shape index (κ1) is 26.4. The molecule has 0 saturated carbocycles. The summed E-state index contributed by atoms with van der Waals surface area (Å²) in [6.07, 6.45) is 0. The Bertz CT molecular complexity index is 365. The molecular weight excluding hydrogens is 344 g/mol. The van der Waals surface area contributed by atoms with Crippen molar-refractivity contribution < 1.29 is 0 Å². The maximum Gasteiger partial charge on any atom is 0.0652 e. The van der Waals surface area contributed by atoms with Crippen molar-refractivity contribution >= 4 is 15.2 Å². The molecule has 0 aromatic rings. The summed E-state index contributed by atoms with van der Waals surface area (Å²) in [6, 6.07) is 0. The Hall–Kier alpha value is 0.434. The zero-order valence-electron chi connectivity index (χ0n) is 22.0. The van der Waals surface area contributed by atoms with Gasteiger partial charge in [0.25, 0.3) is 0 Å². The van der Waals surface area contributed by atoms with Crippen LogP contribution in [0.5, 0.6) is 0 Å². The normalized spacial score (nSPS) is 16.8. The molecule has 0 fully saturated rings. The Morgan fingerprint density at radius 2 is 0.308 bits per heavy atom. The lowest BCUT2D eigenvalue weighted by Gasteiger charge is -2.78. The van der Waals surface area contributed by atoms with Gasteiger partial charge in [-0.2, -0.15) is 0 Å². The van der Waals surface area contributed by atoms with Gasteiger partial charge in [-0.15, -0.1) is 0 Å². The number of rotatable bonds is 1. The van der Waals surface area contributed by atoms with Crippen LogP contribution in [0.25, 0.3) is 0 Å². The molecule has 0 unspecified atom stereocenters. The Balaban J connectivity index is 8.17. The molecule has 158 valence electrons. The number of hydrogen-bond donors (Lipinski definition) is 0. The first-order chi connectivity index (χ1) is 10.8. The third-order valence-corrected chi connectivity index (χ3v) is 38.8. The molecular formula is C24H54Si2. The summed E-state index contributed by atoms with van der Waals surface area (Å²) in [7, 11) is -3.89. The van der Waals surface area contributed by atoms with Crippen molar-refractivity contribution in [1.29, 1.82) is 0 Å². The van der Waals surface area contributed by atoms with Crippen LogP contribution in [0.1, 0.15) is 125 Å². The van der Waals surface area contributed by atoms with E-state index in [0.29, 0.717) is 30.2 Å². The average Bonchev–Trinajstić information content (AvgIpc) is 2.12. The molecule has 0 amide bonds. The van der Waals surface area contributed by atoms with Crippen LogP contribution in [0.4, 0.5) is 0 Å². The van der Waals surface area contributed by atoms with E-state index in [9.17, 15) is 0 Å². The van der Waals surface area contributed by atoms with Crippen LogP contribution >= 0.6 is 0 Å². The smallest absolute Gasteiger partial charge is 0.0627 e. The van der Waals surface area contributed by atoms with Crippen molar-refractivity contribution in [2.24, 2.45) is 0 Å². The van der Waals surface area contributed by atoms with E-state index in [0.717, 1.165) is 0 Å². The highest BCUT2D eigenvalue weighted by atomic mass is 29.3. The SMILES string of the molecule is CC(C)(C)[Si](C(C)(C)C)(C(C)(C)C)[Si](C(C)(C)C)(C(C)(C)C)C(C)(C)C. The zero-order chi connectivity index (χ0) is 22.0. The summed E-state index contributed by atoms with van der Waals surface area (Å²) in [4.78, 5) is 0. The second-order valence-electron chi connectivity index (χ2n) is 15.0. The van der Waals surface area contributed by atoms with Crippen molar-refractivity contribution in [3.8, 4) is 0 Å². The fraction of sp³-hybridized carbons (Fsp3) is 1.00. The van der Waals surface area contributed by atoms with E-state index in [1.807, 2.05) is 0 Å². The summed E-state index contributed by atoms with van der Waals surface area (Å²) < 4.78 is 0. The maximum absolute atomic E-state index is 2.60. The summed E-state index contributed by atoms with van der Waals surface area (Å²) >= 11 is 0. The van der Waals surface area contributed by atoms with Crippen LogP contribution in [0.3, 0.4) is 0 Å². The van der Waals surface area contributed by atoms with Gasteiger partial charge in [0.05, 0.1) is 15.2 Å². The van der Waals surface area contributed by atoms with E-state index < -0.39 is 15.2 Å². The predicted octanol–water partition coefficient (Wildman–Crippen LogP) is 9.76. The lowest BCUT2D eigenvalue weighted by atomic mass is 10.2. The van der Waals surface area contributed by atoms with Gasteiger partial charge in [0.2, 0.25) is 0 Å². The molecule has 0 aromatic heterocycles. The zero-order valence-corrected chi connectivity index (χ0v) is 24.0. The highest BCUT2D eigenvalue weighted by molar-refractivity contribution is 7.48. The van der Waals surface area contributed by atoms with E-state index in [-0.39, 0.29) is 0 Å². The lowest BCUT2D eigenvalue weighted by Crippen LogP contribution is -2.84. The molecule has 0 rings (SSSR count). The molecule has 0 aliphatic carbocycles. The minimum absolute atomic E-state index is 0.337. The van der Waals surface area contributed by atoms with Crippen molar-refractivity contribution in [2.45, 2.75) is 155 Å². The molecule has 0 aliphatic rings. The Morgan fingerprint density at radius 1 is 0.231 bits per heavy atom. The second-order valence-corrected chi connectivity index (χ2v) is 31.5. The first-order valence-electron chi connectivity index (χ1n) is 10.8. The van der Waals surface area contributed by atoms with Gasteiger partial charge < -0.3 is 0 Å². The summed E-state index contributed by atoms with van der Waals surface area (Å²) in [5, 5.41) is 2.02. The highest BCUT2D eigenvalue weighted by Crippen LogP contribution is 2.78. The standard InChI is InChI=1S/C24H54Si2/c1-19(2,3)25(20(4,5)6,21(7,8)9)26(22(10,11)12,23(13,14)15)24(16,17)18/h1-18H3. The minimum atomic E-state index is -1.95. The molecule has 0 heterocycles. The topological polar surface area (TPSA) is 0 Å². The van der Waals surface area contributed by atoms with Gasteiger partial charge in [0, 0.05) is 0 Å². The van der Waals surface area contributed by atoms with Gasteiger partial charge in [-0.25, -0.2) is 0 Å². The first-order valence-corrected chi connectivity index (χ1v) is 15.8. The van der Waals surface area contributed by atoms with Crippen molar-refractivity contribution in [2.75, 3.05) is 0 Å². The van der Waals surface area contributed by atoms with Crippen LogP contribution in [-0.4, -0.2) is 15.2 Å². The Morgan fingerprint density at radius 3 is 0.346 bits per heavy atom. The Kier molecular flexibility index (Phi) is 6.58. The predicted molar refractivity (Wildman–Crippen MR) is 130 cm³/mol. The quantitative estimate of drug-likeness (QED) is 0.385. The van der Waals surface area contributed by atoms with E-state index in [1.165, 1.54) is 0 Å². The number of hydrogen-bond acceptors (Lipinski definition) is 0. The molecule has 0 aromatic carbocycles. The van der Waals surface area contributed by atoms with E-state index in [2.05, 4.69) is 125 Å². The van der Waals surface area contributed by atoms with Crippen molar-refractivity contribution in [3.05, 3.63) is 0 Å². The van der Waals surface area contributed by atoms with Crippen LogP contribution < -0.4 is 0 Å². The molecule has 0 atom stereocenters. The second kappa shape index (κ2) is 6.47. The van der Waals surface area contributed by atoms with Gasteiger partial charge in [-0.3, -0.25) is 0 Å². The molecule has 0 nitrogen and oxygen atoms in total. The van der Waals surface area contributed by atoms with Gasteiger partial charge in [-0.1, -0.05) is 125 Å². The molecule has 2 heteroatoms. The third-order valence-electron chi connectivity index (χ3n) is 7.31. The molecule has 0 aliphatic heterocycles. The fourth-order valence-corrected chi connectivity index (χ4v) is 50.6. The van der Waals surface area contributed by atoms with Gasteiger partial charge in [-0.05, 0) is 30.2 Å². The summed E-state index contributed by atoms with van der Waals surface area (Å²) in [5.74, 6) is 0. The fourth-order valence-electron chi connectivity index (χ4n) is 10.1. The largest absolute Gasteiger partial charge is 0.0652 e. The maximum atomic E-state index is 2.60. The van der Waals surface area contributed by atoms with Crippen LogP contribution in [0.15, 0.2) is 0 Å². The van der Waals surface area contributed by atoms with Gasteiger partial charge in [0.15, 0.2) is 0 Å². The molecule has 0 N–H and O–H groups in total. The third kappa shape index (κ3) is 3.33. The van der Waals surface area contributed by atoms with Gasteiger partial charge >= 0.3 is 0 Å². The Labute approximate surface area is 170 Å². The lowest BCUT2D eigenvalue weighted by molar-refractivity contribution is 0.496. The average molecular weight is 399 g/mol. The van der Waals surface area contributed by atoms with E-state index in [4.69, 9.17) is 0 Å². The van der Waals surface area contributed by atoms with Crippen LogP contribution in [0.2, 0.25) is 30.2 Å². The summed E-state index contributed by atoms with van der Waals surface area (Å²) in [6.45, 7) is 46.8. The molecule has 0 bridgehead atoms. The highest BCUT2D eigenvalue weighted by Gasteiger charge is 2.79. The van der Waals surface area contributed by atoms with Gasteiger partial charge in [0.1, 0.15) is 0 Å². The van der Waals surface area contributed by atoms with Crippen molar-refractivity contribution in [3.63, 3.8) is 0 Å². The van der Waals surface area contributed by atoms with E-state index in [1.54, 1.807) is 0 Å². The monoisotopic (exact) mass is 398 g/mol. The molecule has 0 radical (unpaired) electrons. The molecule has 0 spiro atoms. The van der Waals surface area contributed by atoms with Crippen LogP contribution in [0, 0.1) is 0 Å².